The van der Waals surface area contributed by atoms with Gasteiger partial charge >= 0.3 is 5.69 Å². The average molecular weight is 291 g/mol. The SMILES string of the molecule is CC1(C)C(CNC(=O)c2cccc(N)c2[N+](=O)[O-])C1(C)C. The number of amides is 1. The summed E-state index contributed by atoms with van der Waals surface area (Å²) in [5, 5.41) is 13.8. The first-order valence-electron chi connectivity index (χ1n) is 6.91. The molecule has 0 aliphatic heterocycles. The van der Waals surface area contributed by atoms with Gasteiger partial charge in [-0.15, -0.1) is 0 Å². The average Bonchev–Trinajstić information content (AvgIpc) is 2.76. The molecule has 0 unspecified atom stereocenters. The third-order valence-corrected chi connectivity index (χ3v) is 5.28. The summed E-state index contributed by atoms with van der Waals surface area (Å²) in [5.74, 6) is -0.0958. The molecule has 0 spiro atoms. The van der Waals surface area contributed by atoms with Gasteiger partial charge in [-0.1, -0.05) is 33.8 Å². The van der Waals surface area contributed by atoms with E-state index in [1.807, 2.05) is 0 Å². The molecule has 6 nitrogen and oxygen atoms in total. The van der Waals surface area contributed by atoms with Crippen LogP contribution < -0.4 is 11.1 Å². The number of carbonyl (C=O) groups is 1. The fraction of sp³-hybridized carbons (Fsp3) is 0.533. The van der Waals surface area contributed by atoms with Crippen LogP contribution in [0.2, 0.25) is 0 Å². The number of benzene rings is 1. The molecule has 6 heteroatoms. The largest absolute Gasteiger partial charge is 0.393 e. The third kappa shape index (κ3) is 2.34. The van der Waals surface area contributed by atoms with Gasteiger partial charge in [-0.3, -0.25) is 14.9 Å². The van der Waals surface area contributed by atoms with E-state index in [0.717, 1.165) is 0 Å². The minimum absolute atomic E-state index is 0.000248. The van der Waals surface area contributed by atoms with Crippen LogP contribution in [0.1, 0.15) is 38.1 Å². The van der Waals surface area contributed by atoms with Crippen molar-refractivity contribution in [3.63, 3.8) is 0 Å². The van der Waals surface area contributed by atoms with Crippen LogP contribution in [-0.4, -0.2) is 17.4 Å². The van der Waals surface area contributed by atoms with Gasteiger partial charge in [-0.05, 0) is 28.9 Å². The van der Waals surface area contributed by atoms with Crippen molar-refractivity contribution in [2.75, 3.05) is 12.3 Å². The van der Waals surface area contributed by atoms with Crippen molar-refractivity contribution in [1.29, 1.82) is 0 Å². The molecule has 3 N–H and O–H groups in total. The van der Waals surface area contributed by atoms with E-state index in [0.29, 0.717) is 12.5 Å². The molecular formula is C15H21N3O3. The molecule has 0 bridgehead atoms. The molecule has 2 rings (SSSR count). The first kappa shape index (κ1) is 15.3. The normalized spacial score (nSPS) is 19.0. The Kier molecular flexibility index (Phi) is 3.43. The summed E-state index contributed by atoms with van der Waals surface area (Å²) in [6, 6.07) is 4.39. The Labute approximate surface area is 123 Å². The van der Waals surface area contributed by atoms with Crippen LogP contribution in [-0.2, 0) is 0 Å². The number of nitrogens with zero attached hydrogens (tertiary/aromatic N) is 1. The Morgan fingerprint density at radius 3 is 2.38 bits per heavy atom. The highest BCUT2D eigenvalue weighted by Crippen LogP contribution is 2.67. The molecule has 1 fully saturated rings. The Hall–Kier alpha value is -2.11. The van der Waals surface area contributed by atoms with Crippen molar-refractivity contribution in [2.24, 2.45) is 16.7 Å². The van der Waals surface area contributed by atoms with E-state index in [2.05, 4.69) is 33.0 Å². The smallest absolute Gasteiger partial charge is 0.304 e. The second-order valence-electron chi connectivity index (χ2n) is 6.71. The van der Waals surface area contributed by atoms with Gasteiger partial charge in [-0.25, -0.2) is 0 Å². The molecule has 0 saturated heterocycles. The maximum Gasteiger partial charge on any atom is 0.304 e. The number of carbonyl (C=O) groups excluding carboxylic acids is 1. The number of rotatable bonds is 4. The van der Waals surface area contributed by atoms with E-state index in [1.54, 1.807) is 6.07 Å². The van der Waals surface area contributed by atoms with Gasteiger partial charge in [0.25, 0.3) is 5.91 Å². The Morgan fingerprint density at radius 1 is 1.33 bits per heavy atom. The zero-order chi connectivity index (χ0) is 16.0. The van der Waals surface area contributed by atoms with E-state index in [-0.39, 0.29) is 27.8 Å². The summed E-state index contributed by atoms with van der Waals surface area (Å²) in [5.41, 5.74) is 5.58. The van der Waals surface area contributed by atoms with Crippen LogP contribution in [0.4, 0.5) is 11.4 Å². The second-order valence-corrected chi connectivity index (χ2v) is 6.71. The molecule has 0 heterocycles. The minimum atomic E-state index is -0.616. The van der Waals surface area contributed by atoms with Gasteiger partial charge in [0.05, 0.1) is 4.92 Å². The molecular weight excluding hydrogens is 270 g/mol. The highest BCUT2D eigenvalue weighted by molar-refractivity contribution is 6.00. The summed E-state index contributed by atoms with van der Waals surface area (Å²) >= 11 is 0. The van der Waals surface area contributed by atoms with Crippen LogP contribution in [0.3, 0.4) is 0 Å². The standard InChI is InChI=1S/C15H21N3O3/c1-14(2)11(15(14,3)4)8-17-13(19)9-6-5-7-10(16)12(9)18(20)21/h5-7,11H,8,16H2,1-4H3,(H,17,19). The lowest BCUT2D eigenvalue weighted by Crippen LogP contribution is -2.28. The molecule has 0 aromatic heterocycles. The fourth-order valence-electron chi connectivity index (χ4n) is 3.08. The van der Waals surface area contributed by atoms with Crippen molar-refractivity contribution in [2.45, 2.75) is 27.7 Å². The number of nitro benzene ring substituents is 1. The number of anilines is 1. The molecule has 0 radical (unpaired) electrons. The summed E-state index contributed by atoms with van der Waals surface area (Å²) in [6.45, 7) is 9.14. The van der Waals surface area contributed by atoms with Crippen LogP contribution >= 0.6 is 0 Å². The molecule has 1 aromatic rings. The zero-order valence-corrected chi connectivity index (χ0v) is 12.8. The molecule has 21 heavy (non-hydrogen) atoms. The number of nitrogen functional groups attached to an aromatic ring is 1. The van der Waals surface area contributed by atoms with Gasteiger partial charge in [0, 0.05) is 6.54 Å². The van der Waals surface area contributed by atoms with Gasteiger partial charge < -0.3 is 11.1 Å². The summed E-state index contributed by atoms with van der Waals surface area (Å²) in [6.07, 6.45) is 0. The number of nitro groups is 1. The van der Waals surface area contributed by atoms with Crippen LogP contribution in [0, 0.1) is 26.9 Å². The van der Waals surface area contributed by atoms with E-state index in [9.17, 15) is 14.9 Å². The lowest BCUT2D eigenvalue weighted by molar-refractivity contribution is -0.384. The molecule has 1 aliphatic carbocycles. The monoisotopic (exact) mass is 291 g/mol. The lowest BCUT2D eigenvalue weighted by Gasteiger charge is -2.08. The number of nitrogens with one attached hydrogen (secondary N) is 1. The third-order valence-electron chi connectivity index (χ3n) is 5.28. The van der Waals surface area contributed by atoms with E-state index >= 15 is 0 Å². The Balaban J connectivity index is 2.13. The number of hydrogen-bond donors (Lipinski definition) is 2. The van der Waals surface area contributed by atoms with Crippen molar-refractivity contribution < 1.29 is 9.72 Å². The Bertz CT molecular complexity index is 594. The predicted molar refractivity (Wildman–Crippen MR) is 80.9 cm³/mol. The molecule has 1 aromatic carbocycles. The molecule has 114 valence electrons. The highest BCUT2D eigenvalue weighted by Gasteiger charge is 2.64. The quantitative estimate of drug-likeness (QED) is 0.506. The van der Waals surface area contributed by atoms with Crippen LogP contribution in [0.15, 0.2) is 18.2 Å². The topological polar surface area (TPSA) is 98.3 Å². The molecule has 1 aliphatic rings. The predicted octanol–water partition coefficient (Wildman–Crippen LogP) is 2.59. The fourth-order valence-corrected chi connectivity index (χ4v) is 3.08. The van der Waals surface area contributed by atoms with Crippen molar-refractivity contribution in [3.8, 4) is 0 Å². The van der Waals surface area contributed by atoms with Crippen molar-refractivity contribution in [3.05, 3.63) is 33.9 Å². The van der Waals surface area contributed by atoms with Crippen molar-refractivity contribution >= 4 is 17.3 Å². The van der Waals surface area contributed by atoms with Crippen LogP contribution in [0.25, 0.3) is 0 Å². The summed E-state index contributed by atoms with van der Waals surface area (Å²) in [4.78, 5) is 22.6. The van der Waals surface area contributed by atoms with Gasteiger partial charge in [0.2, 0.25) is 0 Å². The highest BCUT2D eigenvalue weighted by atomic mass is 16.6. The maximum absolute atomic E-state index is 12.2. The number of nitrogens with two attached hydrogens (primary N) is 1. The molecule has 1 amide bonds. The maximum atomic E-state index is 12.2. The van der Waals surface area contributed by atoms with Gasteiger partial charge in [0.15, 0.2) is 0 Å². The number of para-hydroxylation sites is 1. The minimum Gasteiger partial charge on any atom is -0.393 e. The first-order chi connectivity index (χ1) is 9.60. The van der Waals surface area contributed by atoms with E-state index < -0.39 is 10.8 Å². The second kappa shape index (κ2) is 4.72. The molecule has 1 saturated carbocycles. The lowest BCUT2D eigenvalue weighted by atomic mass is 10.0. The summed E-state index contributed by atoms with van der Waals surface area (Å²) in [7, 11) is 0. The molecule has 0 atom stereocenters. The van der Waals surface area contributed by atoms with Crippen molar-refractivity contribution in [1.82, 2.24) is 5.32 Å². The van der Waals surface area contributed by atoms with Gasteiger partial charge in [-0.2, -0.15) is 0 Å². The van der Waals surface area contributed by atoms with Gasteiger partial charge in [0.1, 0.15) is 11.3 Å². The summed E-state index contributed by atoms with van der Waals surface area (Å²) < 4.78 is 0. The Morgan fingerprint density at radius 2 is 1.90 bits per heavy atom. The number of hydrogen-bond acceptors (Lipinski definition) is 4. The van der Waals surface area contributed by atoms with E-state index in [1.165, 1.54) is 12.1 Å². The van der Waals surface area contributed by atoms with E-state index in [4.69, 9.17) is 5.73 Å². The first-order valence-corrected chi connectivity index (χ1v) is 6.91. The van der Waals surface area contributed by atoms with Crippen LogP contribution in [0.5, 0.6) is 0 Å². The zero-order valence-electron chi connectivity index (χ0n) is 12.8.